The van der Waals surface area contributed by atoms with E-state index in [1.54, 1.807) is 0 Å². The fourth-order valence-electron chi connectivity index (χ4n) is 2.03. The molecule has 0 radical (unpaired) electrons. The standard InChI is InChI=1S/C14H17N3O2/c1-10-3-2-4-11(7-10)5-6-14(19)17-12(9-15)8-13(18)16-17/h2-4,7-8H,5-6,9,15H2,1H3,(H,16,18). The van der Waals surface area contributed by atoms with Crippen molar-refractivity contribution in [2.24, 2.45) is 5.73 Å². The van der Waals surface area contributed by atoms with E-state index in [9.17, 15) is 9.59 Å². The SMILES string of the molecule is Cc1cccc(CCC(=O)n2[nH]c(=O)cc2CN)c1. The summed E-state index contributed by atoms with van der Waals surface area (Å²) in [6.07, 6.45) is 0.978. The third-order valence-corrected chi connectivity index (χ3v) is 2.98. The van der Waals surface area contributed by atoms with Crippen molar-refractivity contribution in [2.75, 3.05) is 0 Å². The second kappa shape index (κ2) is 5.67. The Hall–Kier alpha value is -2.14. The quantitative estimate of drug-likeness (QED) is 0.866. The normalized spacial score (nSPS) is 10.6. The molecule has 1 aromatic carbocycles. The number of aromatic amines is 1. The van der Waals surface area contributed by atoms with Crippen LogP contribution in [0.5, 0.6) is 0 Å². The lowest BCUT2D eigenvalue weighted by molar-refractivity contribution is 0.0883. The van der Waals surface area contributed by atoms with Gasteiger partial charge in [0, 0.05) is 19.0 Å². The third-order valence-electron chi connectivity index (χ3n) is 2.98. The van der Waals surface area contributed by atoms with Crippen LogP contribution in [0.3, 0.4) is 0 Å². The Morgan fingerprint density at radius 1 is 1.37 bits per heavy atom. The van der Waals surface area contributed by atoms with E-state index in [4.69, 9.17) is 5.73 Å². The van der Waals surface area contributed by atoms with Gasteiger partial charge in [-0.05, 0) is 18.9 Å². The molecule has 100 valence electrons. The molecule has 0 spiro atoms. The van der Waals surface area contributed by atoms with Gasteiger partial charge in [0.15, 0.2) is 0 Å². The average molecular weight is 259 g/mol. The number of aromatic nitrogens is 2. The molecule has 3 N–H and O–H groups in total. The van der Waals surface area contributed by atoms with Crippen LogP contribution in [0.2, 0.25) is 0 Å². The Balaban J connectivity index is 2.07. The van der Waals surface area contributed by atoms with Gasteiger partial charge in [-0.3, -0.25) is 14.7 Å². The van der Waals surface area contributed by atoms with Crippen LogP contribution in [0.25, 0.3) is 0 Å². The molecule has 0 bridgehead atoms. The van der Waals surface area contributed by atoms with Crippen LogP contribution in [-0.4, -0.2) is 15.7 Å². The van der Waals surface area contributed by atoms with Crippen molar-refractivity contribution in [1.82, 2.24) is 9.78 Å². The maximum Gasteiger partial charge on any atom is 0.264 e. The van der Waals surface area contributed by atoms with E-state index in [0.29, 0.717) is 18.5 Å². The summed E-state index contributed by atoms with van der Waals surface area (Å²) in [5.41, 5.74) is 7.99. The molecular weight excluding hydrogens is 242 g/mol. The van der Waals surface area contributed by atoms with E-state index in [1.165, 1.54) is 16.3 Å². The number of benzene rings is 1. The molecule has 0 aliphatic rings. The zero-order valence-electron chi connectivity index (χ0n) is 10.8. The first-order valence-electron chi connectivity index (χ1n) is 6.20. The number of rotatable bonds is 4. The van der Waals surface area contributed by atoms with E-state index in [-0.39, 0.29) is 18.0 Å². The van der Waals surface area contributed by atoms with E-state index >= 15 is 0 Å². The van der Waals surface area contributed by atoms with Gasteiger partial charge in [-0.25, -0.2) is 4.68 Å². The number of nitrogens with two attached hydrogens (primary N) is 1. The van der Waals surface area contributed by atoms with Crippen molar-refractivity contribution >= 4 is 5.91 Å². The van der Waals surface area contributed by atoms with Crippen molar-refractivity contribution in [3.05, 3.63) is 57.5 Å². The highest BCUT2D eigenvalue weighted by molar-refractivity contribution is 5.78. The highest BCUT2D eigenvalue weighted by atomic mass is 16.2. The van der Waals surface area contributed by atoms with Crippen LogP contribution < -0.4 is 11.3 Å². The fraction of sp³-hybridized carbons (Fsp3) is 0.286. The number of nitrogens with one attached hydrogen (secondary N) is 1. The van der Waals surface area contributed by atoms with Crippen molar-refractivity contribution in [3.8, 4) is 0 Å². The summed E-state index contributed by atoms with van der Waals surface area (Å²) >= 11 is 0. The van der Waals surface area contributed by atoms with Gasteiger partial charge in [0.1, 0.15) is 0 Å². The largest absolute Gasteiger partial charge is 0.325 e. The highest BCUT2D eigenvalue weighted by Gasteiger charge is 2.10. The molecule has 0 unspecified atom stereocenters. The van der Waals surface area contributed by atoms with Crippen molar-refractivity contribution in [1.29, 1.82) is 0 Å². The summed E-state index contributed by atoms with van der Waals surface area (Å²) in [5, 5.41) is 2.47. The van der Waals surface area contributed by atoms with Crippen LogP contribution in [-0.2, 0) is 13.0 Å². The Morgan fingerprint density at radius 2 is 2.16 bits per heavy atom. The lowest BCUT2D eigenvalue weighted by atomic mass is 10.1. The second-order valence-corrected chi connectivity index (χ2v) is 4.53. The number of nitrogens with zero attached hydrogens (tertiary/aromatic N) is 1. The number of hydrogen-bond acceptors (Lipinski definition) is 3. The van der Waals surface area contributed by atoms with Gasteiger partial charge in [-0.15, -0.1) is 0 Å². The molecule has 0 saturated heterocycles. The molecule has 0 aliphatic carbocycles. The van der Waals surface area contributed by atoms with E-state index in [2.05, 4.69) is 11.2 Å². The zero-order valence-corrected chi connectivity index (χ0v) is 10.8. The van der Waals surface area contributed by atoms with Crippen LogP contribution in [0.4, 0.5) is 0 Å². The van der Waals surface area contributed by atoms with Crippen molar-refractivity contribution in [3.63, 3.8) is 0 Å². The van der Waals surface area contributed by atoms with E-state index < -0.39 is 0 Å². The van der Waals surface area contributed by atoms with Crippen molar-refractivity contribution < 1.29 is 4.79 Å². The third kappa shape index (κ3) is 3.20. The van der Waals surface area contributed by atoms with Crippen molar-refractivity contribution in [2.45, 2.75) is 26.3 Å². The molecule has 5 nitrogen and oxygen atoms in total. The molecule has 0 saturated carbocycles. The molecule has 0 amide bonds. The first-order valence-corrected chi connectivity index (χ1v) is 6.20. The topological polar surface area (TPSA) is 80.9 Å². The van der Waals surface area contributed by atoms with Gasteiger partial charge < -0.3 is 5.73 Å². The number of carbonyl (C=O) groups excluding carboxylic acids is 1. The molecule has 0 atom stereocenters. The van der Waals surface area contributed by atoms with E-state index in [0.717, 1.165) is 5.56 Å². The molecule has 19 heavy (non-hydrogen) atoms. The number of H-pyrrole nitrogens is 1. The Kier molecular flexibility index (Phi) is 3.97. The fourth-order valence-corrected chi connectivity index (χ4v) is 2.03. The van der Waals surface area contributed by atoms with Gasteiger partial charge >= 0.3 is 0 Å². The van der Waals surface area contributed by atoms with Crippen LogP contribution in [0, 0.1) is 6.92 Å². The molecule has 1 aromatic heterocycles. The minimum atomic E-state index is -0.302. The smallest absolute Gasteiger partial charge is 0.264 e. The minimum Gasteiger partial charge on any atom is -0.325 e. The van der Waals surface area contributed by atoms with Gasteiger partial charge in [0.05, 0.1) is 5.69 Å². The zero-order chi connectivity index (χ0) is 13.8. The Bertz CT molecular complexity index is 640. The monoisotopic (exact) mass is 259 g/mol. The predicted molar refractivity (Wildman–Crippen MR) is 73.1 cm³/mol. The summed E-state index contributed by atoms with van der Waals surface area (Å²) in [4.78, 5) is 23.2. The molecule has 1 heterocycles. The summed E-state index contributed by atoms with van der Waals surface area (Å²) in [6.45, 7) is 2.18. The Labute approximate surface area is 111 Å². The molecular formula is C14H17N3O2. The molecule has 2 aromatic rings. The lowest BCUT2D eigenvalue weighted by Gasteiger charge is -2.06. The number of aryl methyl sites for hydroxylation is 2. The van der Waals surface area contributed by atoms with Crippen LogP contribution >= 0.6 is 0 Å². The predicted octanol–water partition coefficient (Wildman–Crippen LogP) is 1.22. The molecule has 5 heteroatoms. The summed E-state index contributed by atoms with van der Waals surface area (Å²) in [7, 11) is 0. The van der Waals surface area contributed by atoms with E-state index in [1.807, 2.05) is 25.1 Å². The highest BCUT2D eigenvalue weighted by Crippen LogP contribution is 2.07. The maximum atomic E-state index is 12.0. The summed E-state index contributed by atoms with van der Waals surface area (Å²) in [5.74, 6) is -0.149. The molecule has 0 fully saturated rings. The molecule has 0 aliphatic heterocycles. The van der Waals surface area contributed by atoms with Gasteiger partial charge in [-0.1, -0.05) is 29.8 Å². The minimum absolute atomic E-state index is 0.149. The summed E-state index contributed by atoms with van der Waals surface area (Å²) in [6, 6.07) is 9.38. The van der Waals surface area contributed by atoms with Crippen LogP contribution in [0.1, 0.15) is 28.0 Å². The second-order valence-electron chi connectivity index (χ2n) is 4.53. The Morgan fingerprint density at radius 3 is 2.84 bits per heavy atom. The van der Waals surface area contributed by atoms with Crippen LogP contribution in [0.15, 0.2) is 35.1 Å². The summed E-state index contributed by atoms with van der Waals surface area (Å²) < 4.78 is 1.25. The first-order chi connectivity index (χ1) is 9.10. The lowest BCUT2D eigenvalue weighted by Crippen LogP contribution is -2.19. The maximum absolute atomic E-state index is 12.0. The van der Waals surface area contributed by atoms with Gasteiger partial charge in [-0.2, -0.15) is 0 Å². The first kappa shape index (κ1) is 13.3. The van der Waals surface area contributed by atoms with Gasteiger partial charge in [0.2, 0.25) is 5.91 Å². The number of carbonyl (C=O) groups is 1. The number of hydrogen-bond donors (Lipinski definition) is 2. The molecule has 2 rings (SSSR count). The average Bonchev–Trinajstić information content (AvgIpc) is 2.77. The van der Waals surface area contributed by atoms with Gasteiger partial charge in [0.25, 0.3) is 5.56 Å².